The molecule has 0 saturated carbocycles. The summed E-state index contributed by atoms with van der Waals surface area (Å²) in [5.74, 6) is 0.804. The molecule has 2 nitrogen and oxygen atoms in total. The zero-order chi connectivity index (χ0) is 8.97. The molecule has 0 aliphatic heterocycles. The Labute approximate surface area is 122 Å². The van der Waals surface area contributed by atoms with Gasteiger partial charge in [-0.1, -0.05) is 0 Å². The summed E-state index contributed by atoms with van der Waals surface area (Å²) in [7, 11) is 0. The van der Waals surface area contributed by atoms with Gasteiger partial charge in [0.2, 0.25) is 0 Å². The van der Waals surface area contributed by atoms with Crippen LogP contribution in [-0.2, 0) is 0 Å². The third-order valence-electron chi connectivity index (χ3n) is 1.56. The molecule has 13 heavy (non-hydrogen) atoms. The van der Waals surface area contributed by atoms with E-state index in [4.69, 9.17) is 10.5 Å². The zero-order valence-electron chi connectivity index (χ0n) is 8.05. The van der Waals surface area contributed by atoms with Crippen molar-refractivity contribution in [2.45, 2.75) is 0 Å². The molecule has 0 bridgehead atoms. The summed E-state index contributed by atoms with van der Waals surface area (Å²) in [6.45, 7) is 8.68. The molecule has 0 aromatic heterocycles. The van der Waals surface area contributed by atoms with Gasteiger partial charge in [-0.05, 0) is 0 Å². The van der Waals surface area contributed by atoms with E-state index in [0.717, 1.165) is 16.9 Å². The van der Waals surface area contributed by atoms with Crippen LogP contribution in [0.1, 0.15) is 11.1 Å². The van der Waals surface area contributed by atoms with Crippen LogP contribution in [0.4, 0.5) is 0 Å². The molecule has 0 spiro atoms. The third kappa shape index (κ3) is 4.40. The van der Waals surface area contributed by atoms with Gasteiger partial charge in [-0.2, -0.15) is 6.07 Å². The molecule has 1 rings (SSSR count). The molecule has 0 fully saturated rings. The Morgan fingerprint density at radius 3 is 2.46 bits per heavy atom. The zero-order valence-corrected chi connectivity index (χ0v) is 11.2. The van der Waals surface area contributed by atoms with Crippen molar-refractivity contribution >= 4 is 0 Å². The topological polar surface area (TPSA) is 35.2 Å². The summed E-state index contributed by atoms with van der Waals surface area (Å²) in [5, 5.41) is 0. The Balaban J connectivity index is 0.00000144. The first kappa shape index (κ1) is 13.4. The Morgan fingerprint density at radius 1 is 1.23 bits per heavy atom. The largest absolute Gasteiger partial charge is 1.00 e. The van der Waals surface area contributed by atoms with Gasteiger partial charge in [0.25, 0.3) is 0 Å². The predicted molar refractivity (Wildman–Crippen MR) is 49.9 cm³/mol. The van der Waals surface area contributed by atoms with Gasteiger partial charge in [0.1, 0.15) is 0 Å². The number of rotatable bonds is 3. The van der Waals surface area contributed by atoms with Crippen LogP contribution < -0.4 is 61.9 Å². The minimum absolute atomic E-state index is 0. The van der Waals surface area contributed by atoms with Crippen molar-refractivity contribution < 1.29 is 56.1 Å². The second-order valence-corrected chi connectivity index (χ2v) is 2.57. The van der Waals surface area contributed by atoms with Gasteiger partial charge in [0.15, 0.2) is 0 Å². The van der Waals surface area contributed by atoms with Crippen molar-refractivity contribution in [2.75, 3.05) is 13.2 Å². The minimum atomic E-state index is 0. The first-order valence-corrected chi connectivity index (χ1v) is 3.85. The molecule has 2 N–H and O–H groups in total. The van der Waals surface area contributed by atoms with Crippen LogP contribution in [0.5, 0.6) is 5.75 Å². The fourth-order valence-corrected chi connectivity index (χ4v) is 0.869. The fraction of sp³-hybridized carbons (Fsp3) is 0.200. The van der Waals surface area contributed by atoms with E-state index in [-0.39, 0.29) is 51.4 Å². The van der Waals surface area contributed by atoms with E-state index in [1.165, 1.54) is 0 Å². The van der Waals surface area contributed by atoms with Gasteiger partial charge in [-0.25, -0.2) is 6.07 Å². The number of hydrogen-bond donors (Lipinski definition) is 1. The maximum atomic E-state index is 5.30. The first-order chi connectivity index (χ1) is 5.74. The first-order valence-electron chi connectivity index (χ1n) is 3.85. The van der Waals surface area contributed by atoms with Crippen LogP contribution >= 0.6 is 0 Å². The van der Waals surface area contributed by atoms with E-state index >= 15 is 0 Å². The van der Waals surface area contributed by atoms with E-state index in [9.17, 15) is 0 Å². The van der Waals surface area contributed by atoms with E-state index in [0.29, 0.717) is 13.2 Å². The normalized spacial score (nSPS) is 9.00. The smallest absolute Gasteiger partial charge is 0.507 e. The maximum Gasteiger partial charge on any atom is 1.00 e. The Hall–Kier alpha value is 0.356. The van der Waals surface area contributed by atoms with Crippen molar-refractivity contribution in [1.82, 2.24) is 0 Å². The molecule has 0 atom stereocenters. The summed E-state index contributed by atoms with van der Waals surface area (Å²) in [4.78, 5) is 0. The van der Waals surface area contributed by atoms with E-state index in [1.54, 1.807) is 0 Å². The summed E-state index contributed by atoms with van der Waals surface area (Å²) < 4.78 is 5.30. The molecule has 0 aliphatic carbocycles. The van der Waals surface area contributed by atoms with Crippen LogP contribution in [0.2, 0.25) is 0 Å². The number of hydrogen-bond acceptors (Lipinski definition) is 2. The molecule has 1 aromatic carbocycles. The maximum absolute atomic E-state index is 5.30. The van der Waals surface area contributed by atoms with Gasteiger partial charge >= 0.3 is 51.4 Å². The van der Waals surface area contributed by atoms with E-state index < -0.39 is 0 Å². The fourth-order valence-electron chi connectivity index (χ4n) is 0.869. The van der Waals surface area contributed by atoms with Crippen LogP contribution in [-0.4, -0.2) is 13.2 Å². The van der Waals surface area contributed by atoms with Crippen LogP contribution in [0.15, 0.2) is 18.2 Å². The SMILES string of the molecule is [CH2-]c1ccc(OCCN)cc1[CH2-].[K+]. The van der Waals surface area contributed by atoms with Gasteiger partial charge in [-0.15, -0.1) is 6.07 Å². The molecule has 0 saturated heterocycles. The van der Waals surface area contributed by atoms with Gasteiger partial charge < -0.3 is 10.5 Å². The van der Waals surface area contributed by atoms with Crippen molar-refractivity contribution in [2.24, 2.45) is 5.73 Å². The van der Waals surface area contributed by atoms with Gasteiger partial charge in [0.05, 0.1) is 6.61 Å². The molecule has 1 aromatic rings. The van der Waals surface area contributed by atoms with Crippen molar-refractivity contribution in [3.8, 4) is 5.75 Å². The van der Waals surface area contributed by atoms with Crippen molar-refractivity contribution in [3.63, 3.8) is 0 Å². The summed E-state index contributed by atoms with van der Waals surface area (Å²) in [6, 6.07) is 5.61. The second kappa shape index (κ2) is 6.76. The molecule has 0 radical (unpaired) electrons. The minimum Gasteiger partial charge on any atom is -0.507 e. The number of nitrogens with two attached hydrogens (primary N) is 1. The molecule has 3 heteroatoms. The molecule has 0 unspecified atom stereocenters. The Kier molecular flexibility index (Phi) is 6.94. The van der Waals surface area contributed by atoms with E-state index in [2.05, 4.69) is 13.8 Å². The average molecular weight is 202 g/mol. The molecule has 0 heterocycles. The average Bonchev–Trinajstić information content (AvgIpc) is 2.07. The summed E-state index contributed by atoms with van der Waals surface area (Å²) >= 11 is 0. The molecule has 0 amide bonds. The number of benzene rings is 1. The standard InChI is InChI=1S/C10H13NO.K/c1-8-3-4-10(7-9(8)2)12-6-5-11;/h3-4,7H,1-2,5-6,11H2;/q-2;+1. The molecule has 66 valence electrons. The van der Waals surface area contributed by atoms with Crippen molar-refractivity contribution in [3.05, 3.63) is 43.2 Å². The van der Waals surface area contributed by atoms with E-state index in [1.807, 2.05) is 18.2 Å². The summed E-state index contributed by atoms with van der Waals surface area (Å²) in [5.41, 5.74) is 7.11. The predicted octanol–water partition coefficient (Wildman–Crippen LogP) is -1.61. The quantitative estimate of drug-likeness (QED) is 0.473. The van der Waals surface area contributed by atoms with Gasteiger partial charge in [-0.3, -0.25) is 25.0 Å². The monoisotopic (exact) mass is 202 g/mol. The van der Waals surface area contributed by atoms with Crippen molar-refractivity contribution in [1.29, 1.82) is 0 Å². The van der Waals surface area contributed by atoms with Crippen LogP contribution in [0, 0.1) is 13.8 Å². The van der Waals surface area contributed by atoms with Gasteiger partial charge in [0, 0.05) is 12.3 Å². The molecular formula is C10H13KNO-. The molecular weight excluding hydrogens is 189 g/mol. The Morgan fingerprint density at radius 2 is 1.92 bits per heavy atom. The second-order valence-electron chi connectivity index (χ2n) is 2.57. The molecule has 0 aliphatic rings. The summed E-state index contributed by atoms with van der Waals surface area (Å²) in [6.07, 6.45) is 0. The third-order valence-corrected chi connectivity index (χ3v) is 1.56. The van der Waals surface area contributed by atoms with Crippen LogP contribution in [0.25, 0.3) is 0 Å². The Bertz CT molecular complexity index is 263. The number of ether oxygens (including phenoxy) is 1. The van der Waals surface area contributed by atoms with Crippen LogP contribution in [0.3, 0.4) is 0 Å².